The van der Waals surface area contributed by atoms with Gasteiger partial charge in [0.1, 0.15) is 11.2 Å². The van der Waals surface area contributed by atoms with E-state index in [-0.39, 0.29) is 5.91 Å². The number of amides is 1. The second-order valence-electron chi connectivity index (χ2n) is 4.53. The Morgan fingerprint density at radius 1 is 1.43 bits per heavy atom. The highest BCUT2D eigenvalue weighted by atomic mass is 32.1. The summed E-state index contributed by atoms with van der Waals surface area (Å²) in [4.78, 5) is 12.1. The van der Waals surface area contributed by atoms with E-state index in [1.807, 2.05) is 20.9 Å². The number of hydrogen-bond acceptors (Lipinski definition) is 6. The quantitative estimate of drug-likeness (QED) is 0.764. The molecule has 0 aliphatic heterocycles. The Bertz CT molecular complexity index is 787. The average Bonchev–Trinajstić information content (AvgIpc) is 3.13. The number of aromatic amines is 1. The van der Waals surface area contributed by atoms with Gasteiger partial charge < -0.3 is 0 Å². The molecule has 21 heavy (non-hydrogen) atoms. The molecule has 3 rings (SSSR count). The van der Waals surface area contributed by atoms with Crippen LogP contribution < -0.4 is 5.32 Å². The second kappa shape index (κ2) is 5.09. The molecule has 3 aromatic rings. The minimum absolute atomic E-state index is 0.301. The topological polar surface area (TPSA) is 101 Å². The molecule has 3 aromatic heterocycles. The minimum Gasteiger partial charge on any atom is -0.295 e. The fourth-order valence-electron chi connectivity index (χ4n) is 2.10. The Morgan fingerprint density at radius 2 is 2.24 bits per heavy atom. The number of anilines is 1. The van der Waals surface area contributed by atoms with E-state index >= 15 is 0 Å². The van der Waals surface area contributed by atoms with Crippen molar-refractivity contribution >= 4 is 22.4 Å². The molecular formula is C12H13N7OS. The van der Waals surface area contributed by atoms with Gasteiger partial charge >= 0.3 is 0 Å². The summed E-state index contributed by atoms with van der Waals surface area (Å²) in [5, 5.41) is 21.8. The molecule has 108 valence electrons. The molecule has 0 fully saturated rings. The van der Waals surface area contributed by atoms with Crippen molar-refractivity contribution in [2.24, 2.45) is 7.05 Å². The zero-order valence-electron chi connectivity index (χ0n) is 11.7. The molecule has 1 amide bonds. The molecule has 0 aliphatic rings. The number of rotatable bonds is 3. The molecule has 0 aromatic carbocycles. The smallest absolute Gasteiger partial charge is 0.275 e. The minimum atomic E-state index is -0.301. The van der Waals surface area contributed by atoms with E-state index in [2.05, 4.69) is 30.8 Å². The third-order valence-electron chi connectivity index (χ3n) is 3.17. The SMILES string of the molecule is Cc1nn(C)c(C)c1-c1cc(C(=O)Nc2nncs2)[nH]n1. The number of H-pyrrole nitrogens is 1. The molecular weight excluding hydrogens is 290 g/mol. The lowest BCUT2D eigenvalue weighted by molar-refractivity contribution is 0.102. The van der Waals surface area contributed by atoms with Gasteiger partial charge in [0.15, 0.2) is 0 Å². The average molecular weight is 303 g/mol. The van der Waals surface area contributed by atoms with Crippen molar-refractivity contribution in [3.8, 4) is 11.3 Å². The van der Waals surface area contributed by atoms with Crippen molar-refractivity contribution in [1.82, 2.24) is 30.2 Å². The van der Waals surface area contributed by atoms with Crippen LogP contribution in [-0.4, -0.2) is 36.1 Å². The maximum absolute atomic E-state index is 12.1. The molecule has 0 saturated heterocycles. The standard InChI is InChI=1S/C12H13N7OS/c1-6-10(7(2)19(3)18-6)8-4-9(16-15-8)11(20)14-12-17-13-5-21-12/h4-5H,1-3H3,(H,15,16)(H,14,17,20). The van der Waals surface area contributed by atoms with Crippen LogP contribution in [0.3, 0.4) is 0 Å². The number of nitrogens with zero attached hydrogens (tertiary/aromatic N) is 5. The lowest BCUT2D eigenvalue weighted by Gasteiger charge is -1.97. The van der Waals surface area contributed by atoms with Crippen LogP contribution in [0.5, 0.6) is 0 Å². The molecule has 0 saturated carbocycles. The second-order valence-corrected chi connectivity index (χ2v) is 5.37. The van der Waals surface area contributed by atoms with Gasteiger partial charge in [-0.1, -0.05) is 11.3 Å². The largest absolute Gasteiger partial charge is 0.295 e. The number of hydrogen-bond donors (Lipinski definition) is 2. The maximum atomic E-state index is 12.1. The van der Waals surface area contributed by atoms with E-state index in [0.717, 1.165) is 17.0 Å². The van der Waals surface area contributed by atoms with E-state index < -0.39 is 0 Å². The van der Waals surface area contributed by atoms with Gasteiger partial charge in [0.05, 0.1) is 11.4 Å². The van der Waals surface area contributed by atoms with Gasteiger partial charge in [-0.3, -0.25) is 19.9 Å². The summed E-state index contributed by atoms with van der Waals surface area (Å²) < 4.78 is 1.79. The molecule has 2 N–H and O–H groups in total. The maximum Gasteiger partial charge on any atom is 0.275 e. The van der Waals surface area contributed by atoms with Crippen LogP contribution in [-0.2, 0) is 7.05 Å². The zero-order valence-corrected chi connectivity index (χ0v) is 12.5. The molecule has 8 nitrogen and oxygen atoms in total. The first-order valence-electron chi connectivity index (χ1n) is 6.19. The van der Waals surface area contributed by atoms with Crippen molar-refractivity contribution in [1.29, 1.82) is 0 Å². The first-order chi connectivity index (χ1) is 10.1. The third-order valence-corrected chi connectivity index (χ3v) is 3.77. The Kier molecular flexibility index (Phi) is 3.26. The van der Waals surface area contributed by atoms with Crippen molar-refractivity contribution < 1.29 is 4.79 Å². The predicted octanol–water partition coefficient (Wildman–Crippen LogP) is 1.53. The van der Waals surface area contributed by atoms with Gasteiger partial charge in [-0.05, 0) is 19.9 Å². The van der Waals surface area contributed by atoms with Crippen LogP contribution in [0.2, 0.25) is 0 Å². The first kappa shape index (κ1) is 13.4. The number of nitrogens with one attached hydrogen (secondary N) is 2. The van der Waals surface area contributed by atoms with Crippen molar-refractivity contribution in [3.05, 3.63) is 28.7 Å². The predicted molar refractivity (Wildman–Crippen MR) is 78.1 cm³/mol. The van der Waals surface area contributed by atoms with Crippen LogP contribution in [0.4, 0.5) is 5.13 Å². The monoisotopic (exact) mass is 303 g/mol. The fraction of sp³-hybridized carbons (Fsp3) is 0.250. The molecule has 0 unspecified atom stereocenters. The lowest BCUT2D eigenvalue weighted by atomic mass is 10.1. The summed E-state index contributed by atoms with van der Waals surface area (Å²) in [6.45, 7) is 3.88. The van der Waals surface area contributed by atoms with Crippen molar-refractivity contribution in [3.63, 3.8) is 0 Å². The number of carbonyl (C=O) groups is 1. The molecule has 0 spiro atoms. The molecule has 0 radical (unpaired) electrons. The Labute approximate surface area is 124 Å². The number of carbonyl (C=O) groups excluding carboxylic acids is 1. The highest BCUT2D eigenvalue weighted by Gasteiger charge is 2.17. The van der Waals surface area contributed by atoms with Crippen LogP contribution in [0, 0.1) is 13.8 Å². The van der Waals surface area contributed by atoms with Crippen molar-refractivity contribution in [2.45, 2.75) is 13.8 Å². The van der Waals surface area contributed by atoms with Crippen molar-refractivity contribution in [2.75, 3.05) is 5.32 Å². The van der Waals surface area contributed by atoms with Crippen LogP contribution >= 0.6 is 11.3 Å². The van der Waals surface area contributed by atoms with E-state index in [1.54, 1.807) is 16.3 Å². The van der Waals surface area contributed by atoms with Gasteiger partial charge in [-0.15, -0.1) is 10.2 Å². The normalized spacial score (nSPS) is 10.8. The van der Waals surface area contributed by atoms with Gasteiger partial charge in [-0.25, -0.2) is 0 Å². The number of aryl methyl sites for hydroxylation is 2. The Balaban J connectivity index is 1.88. The van der Waals surface area contributed by atoms with Gasteiger partial charge in [0.2, 0.25) is 5.13 Å². The first-order valence-corrected chi connectivity index (χ1v) is 7.07. The lowest BCUT2D eigenvalue weighted by Crippen LogP contribution is -2.12. The molecule has 9 heteroatoms. The van der Waals surface area contributed by atoms with E-state index in [4.69, 9.17) is 0 Å². The molecule has 0 atom stereocenters. The van der Waals surface area contributed by atoms with E-state index in [0.29, 0.717) is 16.5 Å². The summed E-state index contributed by atoms with van der Waals surface area (Å²) in [7, 11) is 1.88. The van der Waals surface area contributed by atoms with Crippen LogP contribution in [0.15, 0.2) is 11.6 Å². The summed E-state index contributed by atoms with van der Waals surface area (Å²) in [6, 6.07) is 1.70. The van der Waals surface area contributed by atoms with Gasteiger partial charge in [0.25, 0.3) is 5.91 Å². The molecule has 3 heterocycles. The highest BCUT2D eigenvalue weighted by Crippen LogP contribution is 2.25. The Hall–Kier alpha value is -2.55. The highest BCUT2D eigenvalue weighted by molar-refractivity contribution is 7.13. The summed E-state index contributed by atoms with van der Waals surface area (Å²) >= 11 is 1.26. The van der Waals surface area contributed by atoms with Gasteiger partial charge in [-0.2, -0.15) is 10.2 Å². The summed E-state index contributed by atoms with van der Waals surface area (Å²) in [6.07, 6.45) is 0. The molecule has 0 aliphatic carbocycles. The summed E-state index contributed by atoms with van der Waals surface area (Å²) in [5.41, 5.74) is 5.41. The van der Waals surface area contributed by atoms with E-state index in [1.165, 1.54) is 11.3 Å². The zero-order chi connectivity index (χ0) is 15.0. The number of aromatic nitrogens is 6. The van der Waals surface area contributed by atoms with Crippen LogP contribution in [0.1, 0.15) is 21.9 Å². The molecule has 0 bridgehead atoms. The Morgan fingerprint density at radius 3 is 2.86 bits per heavy atom. The van der Waals surface area contributed by atoms with E-state index in [9.17, 15) is 4.79 Å². The summed E-state index contributed by atoms with van der Waals surface area (Å²) in [5.74, 6) is -0.301. The van der Waals surface area contributed by atoms with Crippen LogP contribution in [0.25, 0.3) is 11.3 Å². The fourth-order valence-corrected chi connectivity index (χ4v) is 2.54. The van der Waals surface area contributed by atoms with Gasteiger partial charge in [0, 0.05) is 18.3 Å². The third kappa shape index (κ3) is 2.42.